The number of carbonyl (C=O) groups is 6. The molecule has 1 aliphatic carbocycles. The van der Waals surface area contributed by atoms with Gasteiger partial charge in [-0.15, -0.1) is 6.58 Å². The molecule has 2 unspecified atom stereocenters. The largest absolute Gasteiger partial charge is 0.458 e. The number of nitrogens with two attached hydrogens (primary N) is 1. The average Bonchev–Trinajstić information content (AvgIpc) is 3.42. The average molecular weight is 730 g/mol. The second kappa shape index (κ2) is 17.2. The molecule has 0 aromatic rings. The first-order valence-corrected chi connectivity index (χ1v) is 17.7. The summed E-state index contributed by atoms with van der Waals surface area (Å²) >= 11 is 0. The number of carbonyl (C=O) groups excluding carboxylic acids is 6. The zero-order valence-corrected chi connectivity index (χ0v) is 31.3. The van der Waals surface area contributed by atoms with E-state index in [-0.39, 0.29) is 50.5 Å². The molecule has 2 fully saturated rings. The highest BCUT2D eigenvalue weighted by Gasteiger charge is 2.48. The van der Waals surface area contributed by atoms with E-state index in [1.54, 1.807) is 47.6 Å². The maximum Gasteiger partial charge on any atom is 0.389 e. The van der Waals surface area contributed by atoms with Crippen LogP contribution in [0.15, 0.2) is 12.7 Å². The minimum Gasteiger partial charge on any atom is -0.458 e. The van der Waals surface area contributed by atoms with Crippen molar-refractivity contribution in [2.45, 2.75) is 149 Å². The van der Waals surface area contributed by atoms with Crippen molar-refractivity contribution in [2.24, 2.45) is 28.4 Å². The quantitative estimate of drug-likeness (QED) is 0.0771. The summed E-state index contributed by atoms with van der Waals surface area (Å²) in [7, 11) is 0. The number of likely N-dealkylation sites (tertiary alicyclic amines) is 1. The Morgan fingerprint density at radius 1 is 0.922 bits per heavy atom. The SMILES string of the molecule is C=CC(C)(C)[C@@H]1C[C@@H](C(=O)NC(CC2CCC2)C(=O)C(N)=O)N(C(=O)[C@@H](NC(=O)NC(CCCCC(F)(F)F)C(=O)OC(C)(C)C)C(C)(C)C)C1. The molecule has 2 rings (SSSR count). The van der Waals surface area contributed by atoms with Crippen molar-refractivity contribution < 1.29 is 46.7 Å². The van der Waals surface area contributed by atoms with Crippen LogP contribution in [0.4, 0.5) is 18.0 Å². The van der Waals surface area contributed by atoms with Gasteiger partial charge in [0.25, 0.3) is 5.91 Å². The van der Waals surface area contributed by atoms with Gasteiger partial charge in [-0.25, -0.2) is 9.59 Å². The summed E-state index contributed by atoms with van der Waals surface area (Å²) in [6, 6.07) is -5.67. The molecular weight excluding hydrogens is 671 g/mol. The van der Waals surface area contributed by atoms with Gasteiger partial charge in [-0.05, 0) is 69.1 Å². The van der Waals surface area contributed by atoms with Crippen LogP contribution in [0.25, 0.3) is 0 Å². The summed E-state index contributed by atoms with van der Waals surface area (Å²) in [6.07, 6.45) is -0.977. The number of alkyl halides is 3. The van der Waals surface area contributed by atoms with Gasteiger partial charge in [-0.3, -0.25) is 19.2 Å². The minimum atomic E-state index is -4.37. The predicted octanol–water partition coefficient (Wildman–Crippen LogP) is 4.69. The van der Waals surface area contributed by atoms with Gasteiger partial charge in [0, 0.05) is 13.0 Å². The Labute approximate surface area is 299 Å². The fourth-order valence-corrected chi connectivity index (χ4v) is 6.21. The monoisotopic (exact) mass is 729 g/mol. The number of rotatable bonds is 16. The summed E-state index contributed by atoms with van der Waals surface area (Å²) in [4.78, 5) is 80.7. The van der Waals surface area contributed by atoms with Crippen LogP contribution in [-0.2, 0) is 28.7 Å². The molecule has 1 saturated heterocycles. The fraction of sp³-hybridized carbons (Fsp3) is 0.778. The third-order valence-corrected chi connectivity index (χ3v) is 9.72. The van der Waals surface area contributed by atoms with Crippen molar-refractivity contribution in [3.8, 4) is 0 Å². The Hall–Kier alpha value is -3.65. The number of ether oxygens (including phenoxy) is 1. The van der Waals surface area contributed by atoms with Gasteiger partial charge in [0.05, 0.1) is 6.04 Å². The van der Waals surface area contributed by atoms with Crippen LogP contribution < -0.4 is 21.7 Å². The molecule has 1 saturated carbocycles. The minimum absolute atomic E-state index is 0.0314. The van der Waals surface area contributed by atoms with Crippen LogP contribution in [-0.4, -0.2) is 82.9 Å². The van der Waals surface area contributed by atoms with Crippen molar-refractivity contribution >= 4 is 35.5 Å². The molecular formula is C36H58F3N5O7. The Morgan fingerprint density at radius 2 is 1.53 bits per heavy atom. The van der Waals surface area contributed by atoms with Crippen molar-refractivity contribution in [1.29, 1.82) is 0 Å². The number of hydrogen-bond acceptors (Lipinski definition) is 7. The lowest BCUT2D eigenvalue weighted by Crippen LogP contribution is -2.61. The van der Waals surface area contributed by atoms with E-state index < -0.39 is 88.7 Å². The Morgan fingerprint density at radius 3 is 2.00 bits per heavy atom. The number of nitrogens with zero attached hydrogens (tertiary/aromatic N) is 1. The van der Waals surface area contributed by atoms with Crippen LogP contribution >= 0.6 is 0 Å². The van der Waals surface area contributed by atoms with E-state index >= 15 is 0 Å². The Bertz CT molecular complexity index is 1300. The number of halogens is 3. The highest BCUT2D eigenvalue weighted by Crippen LogP contribution is 2.39. The van der Waals surface area contributed by atoms with Crippen LogP contribution in [0.1, 0.15) is 113 Å². The number of esters is 1. The third-order valence-electron chi connectivity index (χ3n) is 9.72. The van der Waals surface area contributed by atoms with Crippen molar-refractivity contribution in [2.75, 3.05) is 6.54 Å². The molecule has 290 valence electrons. The van der Waals surface area contributed by atoms with E-state index in [1.807, 2.05) is 13.8 Å². The molecule has 51 heavy (non-hydrogen) atoms. The van der Waals surface area contributed by atoms with E-state index in [0.29, 0.717) is 0 Å². The molecule has 1 aliphatic heterocycles. The van der Waals surface area contributed by atoms with Crippen LogP contribution in [0.2, 0.25) is 0 Å². The number of Topliss-reactive ketones (excluding diaryl/α,β-unsaturated/α-hetero) is 1. The molecule has 5 atom stereocenters. The number of urea groups is 1. The van der Waals surface area contributed by atoms with E-state index in [1.165, 1.54) is 4.90 Å². The molecule has 5 N–H and O–H groups in total. The Kier molecular flexibility index (Phi) is 14.7. The topological polar surface area (TPSA) is 177 Å². The maximum atomic E-state index is 14.4. The fourth-order valence-electron chi connectivity index (χ4n) is 6.21. The molecule has 0 bridgehead atoms. The summed E-state index contributed by atoms with van der Waals surface area (Å²) in [5.74, 6) is -4.25. The summed E-state index contributed by atoms with van der Waals surface area (Å²) in [5, 5.41) is 7.82. The van der Waals surface area contributed by atoms with Gasteiger partial charge >= 0.3 is 18.2 Å². The number of hydrogen-bond donors (Lipinski definition) is 4. The standard InChI is InChI=1S/C36H58F3N5O7/c1-10-35(8,9)22-19-25(29(47)41-24(26(45)28(40)46)18-21-14-13-15-21)44(20-22)30(48)27(33(2,3)4)43-32(50)42-23(31(49)51-34(5,6)7)16-11-12-17-36(37,38)39/h10,21-25,27H,1,11-20H2,2-9H3,(H2,40,46)(H,41,47)(H2,42,43,50)/t22-,23?,24?,25+,27-/m1/s1. The molecule has 15 heteroatoms. The molecule has 0 spiro atoms. The summed E-state index contributed by atoms with van der Waals surface area (Å²) in [6.45, 7) is 17.8. The highest BCUT2D eigenvalue weighted by atomic mass is 19.4. The molecule has 1 heterocycles. The predicted molar refractivity (Wildman–Crippen MR) is 185 cm³/mol. The van der Waals surface area contributed by atoms with Gasteiger partial charge in [0.1, 0.15) is 23.7 Å². The number of amides is 5. The van der Waals surface area contributed by atoms with Crippen LogP contribution in [0, 0.1) is 22.7 Å². The number of primary amides is 1. The number of nitrogens with one attached hydrogen (secondary N) is 3. The lowest BCUT2D eigenvalue weighted by molar-refractivity contribution is -0.157. The number of ketones is 1. The van der Waals surface area contributed by atoms with Gasteiger partial charge in [0.2, 0.25) is 17.6 Å². The van der Waals surface area contributed by atoms with E-state index in [9.17, 15) is 41.9 Å². The molecule has 12 nitrogen and oxygen atoms in total. The smallest absolute Gasteiger partial charge is 0.389 e. The van der Waals surface area contributed by atoms with Crippen LogP contribution in [0.3, 0.4) is 0 Å². The normalized spacial score (nSPS) is 20.3. The highest BCUT2D eigenvalue weighted by molar-refractivity contribution is 6.37. The summed E-state index contributed by atoms with van der Waals surface area (Å²) < 4.78 is 43.6. The van der Waals surface area contributed by atoms with E-state index in [4.69, 9.17) is 10.5 Å². The third kappa shape index (κ3) is 13.4. The first kappa shape index (κ1) is 43.5. The second-order valence-corrected chi connectivity index (χ2v) is 16.7. The van der Waals surface area contributed by atoms with Crippen LogP contribution in [0.5, 0.6) is 0 Å². The molecule has 0 aromatic carbocycles. The molecule has 0 radical (unpaired) electrons. The first-order chi connectivity index (χ1) is 23.3. The van der Waals surface area contributed by atoms with Crippen molar-refractivity contribution in [3.63, 3.8) is 0 Å². The van der Waals surface area contributed by atoms with Crippen molar-refractivity contribution in [3.05, 3.63) is 12.7 Å². The van der Waals surface area contributed by atoms with Gasteiger partial charge < -0.3 is 31.3 Å². The lowest BCUT2D eigenvalue weighted by Gasteiger charge is -2.36. The first-order valence-electron chi connectivity index (χ1n) is 17.7. The van der Waals surface area contributed by atoms with E-state index in [0.717, 1.165) is 19.3 Å². The molecule has 2 aliphatic rings. The summed E-state index contributed by atoms with van der Waals surface area (Å²) in [5.41, 5.74) is 2.92. The number of allylic oxidation sites excluding steroid dienone is 1. The van der Waals surface area contributed by atoms with Crippen molar-refractivity contribution in [1.82, 2.24) is 20.9 Å². The second-order valence-electron chi connectivity index (χ2n) is 16.7. The van der Waals surface area contributed by atoms with Gasteiger partial charge in [-0.2, -0.15) is 13.2 Å². The lowest BCUT2D eigenvalue weighted by atomic mass is 9.77. The van der Waals surface area contributed by atoms with Gasteiger partial charge in [0.15, 0.2) is 0 Å². The molecule has 5 amide bonds. The zero-order chi connectivity index (χ0) is 39.1. The van der Waals surface area contributed by atoms with E-state index in [2.05, 4.69) is 22.5 Å². The Balaban J connectivity index is 2.36. The maximum absolute atomic E-state index is 14.4. The molecule has 0 aromatic heterocycles. The zero-order valence-electron chi connectivity index (χ0n) is 31.3. The van der Waals surface area contributed by atoms with Gasteiger partial charge in [-0.1, -0.05) is 66.4 Å². The number of unbranched alkanes of at least 4 members (excludes halogenated alkanes) is 1.